The lowest BCUT2D eigenvalue weighted by atomic mass is 9.78. The molecule has 1 spiro atoms. The van der Waals surface area contributed by atoms with Crippen molar-refractivity contribution in [3.05, 3.63) is 59.9 Å². The highest BCUT2D eigenvalue weighted by atomic mass is 19.4. The molecule has 0 amide bonds. The number of benzene rings is 1. The summed E-state index contributed by atoms with van der Waals surface area (Å²) < 4.78 is 53.5. The van der Waals surface area contributed by atoms with Gasteiger partial charge < -0.3 is 18.9 Å². The summed E-state index contributed by atoms with van der Waals surface area (Å²) >= 11 is 0. The summed E-state index contributed by atoms with van der Waals surface area (Å²) in [6.07, 6.45) is -2.94. The average Bonchev–Trinajstić information content (AvgIpc) is 3.39. The summed E-state index contributed by atoms with van der Waals surface area (Å²) in [4.78, 5) is 11.1. The van der Waals surface area contributed by atoms with Gasteiger partial charge in [-0.15, -0.1) is 13.2 Å². The van der Waals surface area contributed by atoms with Crippen LogP contribution in [0.3, 0.4) is 0 Å². The van der Waals surface area contributed by atoms with E-state index in [1.54, 1.807) is 0 Å². The molecule has 0 N–H and O–H groups in total. The first-order chi connectivity index (χ1) is 17.3. The van der Waals surface area contributed by atoms with E-state index in [0.717, 1.165) is 43.4 Å². The van der Waals surface area contributed by atoms with Gasteiger partial charge in [0.25, 0.3) is 5.89 Å². The molecular formula is C24H21F3N6O3. The van der Waals surface area contributed by atoms with E-state index in [1.165, 1.54) is 24.3 Å². The molecule has 186 valence electrons. The summed E-state index contributed by atoms with van der Waals surface area (Å²) in [6.45, 7) is 6.06. The van der Waals surface area contributed by atoms with Gasteiger partial charge in [-0.2, -0.15) is 10.1 Å². The fraction of sp³-hybridized carbons (Fsp3) is 0.333. The van der Waals surface area contributed by atoms with Crippen molar-refractivity contribution in [3.63, 3.8) is 0 Å². The summed E-state index contributed by atoms with van der Waals surface area (Å²) in [7, 11) is 0. The SMILES string of the molecule is Cc1cc(-c2nc(-c3ccc(OC(F)(F)F)cc3)no2)nn1Cc1ccnc(N2CC3(COC3)C2)c1. The van der Waals surface area contributed by atoms with E-state index in [4.69, 9.17) is 9.26 Å². The number of alkyl halides is 3. The Balaban J connectivity index is 1.15. The zero-order chi connectivity index (χ0) is 24.9. The van der Waals surface area contributed by atoms with Crippen LogP contribution in [0.5, 0.6) is 5.75 Å². The Labute approximate surface area is 203 Å². The van der Waals surface area contributed by atoms with Crippen LogP contribution in [-0.4, -0.2) is 57.6 Å². The topological polar surface area (TPSA) is 91.3 Å². The largest absolute Gasteiger partial charge is 0.573 e. The monoisotopic (exact) mass is 498 g/mol. The summed E-state index contributed by atoms with van der Waals surface area (Å²) in [5, 5.41) is 8.55. The van der Waals surface area contributed by atoms with E-state index >= 15 is 0 Å². The van der Waals surface area contributed by atoms with Crippen LogP contribution in [0, 0.1) is 12.3 Å². The number of anilines is 1. The highest BCUT2D eigenvalue weighted by Gasteiger charge is 2.49. The molecule has 36 heavy (non-hydrogen) atoms. The average molecular weight is 498 g/mol. The number of rotatable bonds is 6. The third-order valence-corrected chi connectivity index (χ3v) is 6.31. The fourth-order valence-electron chi connectivity index (χ4n) is 4.43. The van der Waals surface area contributed by atoms with E-state index in [0.29, 0.717) is 23.2 Å². The van der Waals surface area contributed by atoms with Gasteiger partial charge in [0.1, 0.15) is 11.6 Å². The minimum atomic E-state index is -4.75. The Morgan fingerprint density at radius 1 is 1.08 bits per heavy atom. The molecule has 0 bridgehead atoms. The number of nitrogens with zero attached hydrogens (tertiary/aromatic N) is 6. The second-order valence-corrected chi connectivity index (χ2v) is 9.20. The number of aryl methyl sites for hydroxylation is 1. The summed E-state index contributed by atoms with van der Waals surface area (Å²) in [5.74, 6) is 1.07. The van der Waals surface area contributed by atoms with Crippen molar-refractivity contribution in [2.75, 3.05) is 31.2 Å². The normalized spacial score (nSPS) is 16.6. The zero-order valence-electron chi connectivity index (χ0n) is 19.2. The van der Waals surface area contributed by atoms with Crippen LogP contribution in [0.25, 0.3) is 23.0 Å². The van der Waals surface area contributed by atoms with Crippen molar-refractivity contribution >= 4 is 5.82 Å². The van der Waals surface area contributed by atoms with Crippen molar-refractivity contribution in [2.45, 2.75) is 19.8 Å². The molecule has 0 saturated carbocycles. The van der Waals surface area contributed by atoms with E-state index in [2.05, 4.69) is 35.9 Å². The molecule has 1 aromatic carbocycles. The van der Waals surface area contributed by atoms with Crippen molar-refractivity contribution in [3.8, 4) is 28.7 Å². The van der Waals surface area contributed by atoms with Crippen LogP contribution in [0.2, 0.25) is 0 Å². The van der Waals surface area contributed by atoms with E-state index in [1.807, 2.05) is 29.9 Å². The van der Waals surface area contributed by atoms with Gasteiger partial charge in [0.05, 0.1) is 25.2 Å². The van der Waals surface area contributed by atoms with E-state index in [9.17, 15) is 13.2 Å². The minimum Gasteiger partial charge on any atom is -0.406 e. The maximum Gasteiger partial charge on any atom is 0.573 e. The molecular weight excluding hydrogens is 477 g/mol. The second-order valence-electron chi connectivity index (χ2n) is 9.20. The first-order valence-corrected chi connectivity index (χ1v) is 11.3. The van der Waals surface area contributed by atoms with Gasteiger partial charge in [-0.05, 0) is 55.0 Å². The Morgan fingerprint density at radius 2 is 1.86 bits per heavy atom. The Bertz CT molecular complexity index is 1390. The van der Waals surface area contributed by atoms with Crippen LogP contribution in [-0.2, 0) is 11.3 Å². The molecule has 0 atom stereocenters. The standard InChI is InChI=1S/C24H21F3N6O3/c1-15-8-19(22-29-21(31-36-22)17-2-4-18(5-3-17)35-24(25,26)27)30-33(15)10-16-6-7-28-20(9-16)32-11-23(12-32)13-34-14-23/h2-9H,10-14H2,1H3. The predicted octanol–water partition coefficient (Wildman–Crippen LogP) is 4.09. The molecule has 2 fully saturated rings. The second kappa shape index (κ2) is 8.33. The van der Waals surface area contributed by atoms with Crippen molar-refractivity contribution < 1.29 is 27.2 Å². The lowest BCUT2D eigenvalue weighted by Gasteiger charge is -2.55. The van der Waals surface area contributed by atoms with Crippen molar-refractivity contribution in [1.29, 1.82) is 0 Å². The van der Waals surface area contributed by atoms with Gasteiger partial charge in [0.2, 0.25) is 5.82 Å². The highest BCUT2D eigenvalue weighted by Crippen LogP contribution is 2.39. The fourth-order valence-corrected chi connectivity index (χ4v) is 4.43. The predicted molar refractivity (Wildman–Crippen MR) is 121 cm³/mol. The molecule has 0 radical (unpaired) electrons. The van der Waals surface area contributed by atoms with Gasteiger partial charge in [0.15, 0.2) is 5.69 Å². The first kappa shape index (κ1) is 22.5. The third kappa shape index (κ3) is 4.39. The number of pyridine rings is 1. The van der Waals surface area contributed by atoms with Gasteiger partial charge in [0, 0.05) is 30.5 Å². The molecule has 2 aliphatic rings. The highest BCUT2D eigenvalue weighted by molar-refractivity contribution is 5.59. The zero-order valence-corrected chi connectivity index (χ0v) is 19.2. The molecule has 0 unspecified atom stereocenters. The Morgan fingerprint density at radius 3 is 2.56 bits per heavy atom. The van der Waals surface area contributed by atoms with Crippen LogP contribution >= 0.6 is 0 Å². The van der Waals surface area contributed by atoms with Crippen LogP contribution < -0.4 is 9.64 Å². The van der Waals surface area contributed by atoms with Crippen LogP contribution in [0.1, 0.15) is 11.3 Å². The van der Waals surface area contributed by atoms with Gasteiger partial charge in [-0.25, -0.2) is 4.98 Å². The van der Waals surface area contributed by atoms with Crippen LogP contribution in [0.15, 0.2) is 53.2 Å². The van der Waals surface area contributed by atoms with Crippen molar-refractivity contribution in [2.24, 2.45) is 5.41 Å². The minimum absolute atomic E-state index is 0.214. The molecule has 5 heterocycles. The number of ether oxygens (including phenoxy) is 2. The molecule has 2 aliphatic heterocycles. The van der Waals surface area contributed by atoms with E-state index in [-0.39, 0.29) is 17.5 Å². The number of hydrogen-bond acceptors (Lipinski definition) is 8. The smallest absolute Gasteiger partial charge is 0.406 e. The van der Waals surface area contributed by atoms with E-state index < -0.39 is 6.36 Å². The summed E-state index contributed by atoms with van der Waals surface area (Å²) in [6, 6.07) is 11.1. The molecule has 12 heteroatoms. The first-order valence-electron chi connectivity index (χ1n) is 11.3. The van der Waals surface area contributed by atoms with Gasteiger partial charge in [-0.1, -0.05) is 5.16 Å². The number of aromatic nitrogens is 5. The Hall–Kier alpha value is -3.93. The molecule has 4 aromatic rings. The molecule has 9 nitrogen and oxygen atoms in total. The van der Waals surface area contributed by atoms with Crippen molar-refractivity contribution in [1.82, 2.24) is 24.9 Å². The number of halogens is 3. The molecule has 0 aliphatic carbocycles. The Kier molecular flexibility index (Phi) is 5.21. The van der Waals surface area contributed by atoms with Crippen LogP contribution in [0.4, 0.5) is 19.0 Å². The quantitative estimate of drug-likeness (QED) is 0.393. The third-order valence-electron chi connectivity index (χ3n) is 6.31. The molecule has 3 aromatic heterocycles. The molecule has 2 saturated heterocycles. The summed E-state index contributed by atoms with van der Waals surface area (Å²) in [5.41, 5.74) is 3.28. The van der Waals surface area contributed by atoms with Gasteiger partial charge >= 0.3 is 6.36 Å². The maximum atomic E-state index is 12.4. The molecule has 6 rings (SSSR count). The lowest BCUT2D eigenvalue weighted by Crippen LogP contribution is -2.66. The van der Waals surface area contributed by atoms with Gasteiger partial charge in [-0.3, -0.25) is 4.68 Å². The number of hydrogen-bond donors (Lipinski definition) is 0. The maximum absolute atomic E-state index is 12.4. The lowest BCUT2D eigenvalue weighted by molar-refractivity contribution is -0.274.